The van der Waals surface area contributed by atoms with Gasteiger partial charge in [0.05, 0.1) is 5.92 Å². The zero-order valence-corrected chi connectivity index (χ0v) is 13.2. The lowest BCUT2D eigenvalue weighted by molar-refractivity contribution is -0.117. The van der Waals surface area contributed by atoms with E-state index < -0.39 is 0 Å². The average molecular weight is 315 g/mol. The minimum Gasteiger partial charge on any atom is -0.339 e. The highest BCUT2D eigenvalue weighted by molar-refractivity contribution is 7.98. The Morgan fingerprint density at radius 1 is 1.23 bits per heavy atom. The smallest absolute Gasteiger partial charge is 0.232 e. The number of hydrogen-bond donors (Lipinski definition) is 0. The first-order valence-electron chi connectivity index (χ1n) is 7.52. The predicted octanol–water partition coefficient (Wildman–Crippen LogP) is 3.19. The van der Waals surface area contributed by atoms with Gasteiger partial charge in [-0.3, -0.25) is 4.79 Å². The van der Waals surface area contributed by atoms with Crippen molar-refractivity contribution in [2.45, 2.75) is 36.0 Å². The van der Waals surface area contributed by atoms with Crippen LogP contribution in [0.2, 0.25) is 0 Å². The van der Waals surface area contributed by atoms with E-state index in [2.05, 4.69) is 10.1 Å². The third-order valence-corrected chi connectivity index (χ3v) is 5.00. The molecular weight excluding hydrogens is 298 g/mol. The highest BCUT2D eigenvalue weighted by Crippen LogP contribution is 2.39. The Kier molecular flexibility index (Phi) is 3.41. The fraction of sp³-hybridized carbons (Fsp3) is 0.438. The molecule has 5 nitrogen and oxygen atoms in total. The van der Waals surface area contributed by atoms with Gasteiger partial charge in [0.25, 0.3) is 0 Å². The molecule has 1 aromatic carbocycles. The lowest BCUT2D eigenvalue weighted by Crippen LogP contribution is -2.24. The molecular formula is C16H17N3O2S. The van der Waals surface area contributed by atoms with Gasteiger partial charge < -0.3 is 9.42 Å². The SMILES string of the molecule is CSc1ccc(N2CC(c3nc(C4CC4)no3)CC2=O)cc1. The highest BCUT2D eigenvalue weighted by atomic mass is 32.2. The molecule has 0 bridgehead atoms. The Bertz CT molecular complexity index is 694. The summed E-state index contributed by atoms with van der Waals surface area (Å²) in [6.07, 6.45) is 4.78. The molecule has 1 aromatic heterocycles. The summed E-state index contributed by atoms with van der Waals surface area (Å²) in [5, 5.41) is 4.05. The number of rotatable bonds is 4. The van der Waals surface area contributed by atoms with Crippen molar-refractivity contribution in [2.24, 2.45) is 0 Å². The van der Waals surface area contributed by atoms with E-state index in [0.717, 1.165) is 24.4 Å². The van der Waals surface area contributed by atoms with Gasteiger partial charge in [0.1, 0.15) is 0 Å². The molecule has 4 rings (SSSR count). The molecule has 114 valence electrons. The first-order valence-corrected chi connectivity index (χ1v) is 8.75. The standard InChI is InChI=1S/C16H17N3O2S/c1-22-13-6-4-12(5-7-13)19-9-11(8-14(19)20)16-17-15(18-21-16)10-2-3-10/h4-7,10-11H,2-3,8-9H2,1H3. The van der Waals surface area contributed by atoms with Gasteiger partial charge in [-0.25, -0.2) is 0 Å². The van der Waals surface area contributed by atoms with Crippen LogP contribution in [-0.2, 0) is 4.79 Å². The zero-order chi connectivity index (χ0) is 15.1. The summed E-state index contributed by atoms with van der Waals surface area (Å²) in [5.74, 6) is 2.02. The molecule has 1 atom stereocenters. The van der Waals surface area contributed by atoms with E-state index in [1.54, 1.807) is 11.8 Å². The molecule has 2 heterocycles. The maximum atomic E-state index is 12.3. The van der Waals surface area contributed by atoms with Gasteiger partial charge in [-0.05, 0) is 43.4 Å². The second kappa shape index (κ2) is 5.43. The van der Waals surface area contributed by atoms with Crippen molar-refractivity contribution in [3.63, 3.8) is 0 Å². The lowest BCUT2D eigenvalue weighted by atomic mass is 10.1. The van der Waals surface area contributed by atoms with E-state index in [1.165, 1.54) is 4.90 Å². The van der Waals surface area contributed by atoms with Gasteiger partial charge in [-0.1, -0.05) is 5.16 Å². The van der Waals surface area contributed by atoms with Crippen molar-refractivity contribution in [2.75, 3.05) is 17.7 Å². The van der Waals surface area contributed by atoms with E-state index in [1.807, 2.05) is 35.4 Å². The van der Waals surface area contributed by atoms with E-state index in [9.17, 15) is 4.79 Å². The van der Waals surface area contributed by atoms with E-state index in [-0.39, 0.29) is 11.8 Å². The number of benzene rings is 1. The molecule has 1 saturated carbocycles. The van der Waals surface area contributed by atoms with Crippen LogP contribution in [0.25, 0.3) is 0 Å². The number of carbonyl (C=O) groups is 1. The summed E-state index contributed by atoms with van der Waals surface area (Å²) >= 11 is 1.69. The molecule has 2 aliphatic rings. The number of hydrogen-bond acceptors (Lipinski definition) is 5. The number of aromatic nitrogens is 2. The summed E-state index contributed by atoms with van der Waals surface area (Å²) in [4.78, 5) is 19.8. The first kappa shape index (κ1) is 13.8. The maximum absolute atomic E-state index is 12.3. The highest BCUT2D eigenvalue weighted by Gasteiger charge is 2.36. The molecule has 1 unspecified atom stereocenters. The molecule has 1 amide bonds. The third kappa shape index (κ3) is 2.52. The molecule has 6 heteroatoms. The molecule has 22 heavy (non-hydrogen) atoms. The molecule has 1 aliphatic heterocycles. The minimum absolute atomic E-state index is 0.00715. The van der Waals surface area contributed by atoms with Crippen LogP contribution in [0.5, 0.6) is 0 Å². The quantitative estimate of drug-likeness (QED) is 0.811. The summed E-state index contributed by atoms with van der Waals surface area (Å²) in [6.45, 7) is 0.615. The zero-order valence-electron chi connectivity index (χ0n) is 12.4. The normalized spacial score (nSPS) is 21.6. The topological polar surface area (TPSA) is 59.2 Å². The molecule has 1 saturated heterocycles. The van der Waals surface area contributed by atoms with Crippen molar-refractivity contribution in [3.8, 4) is 0 Å². The molecule has 0 N–H and O–H groups in total. The molecule has 2 aromatic rings. The van der Waals surface area contributed by atoms with Gasteiger partial charge in [0, 0.05) is 29.5 Å². The summed E-state index contributed by atoms with van der Waals surface area (Å²) < 4.78 is 5.38. The van der Waals surface area contributed by atoms with Crippen LogP contribution in [0.1, 0.15) is 42.8 Å². The van der Waals surface area contributed by atoms with Crippen LogP contribution in [-0.4, -0.2) is 28.8 Å². The number of anilines is 1. The van der Waals surface area contributed by atoms with Crippen LogP contribution < -0.4 is 4.90 Å². The van der Waals surface area contributed by atoms with Gasteiger partial charge in [-0.2, -0.15) is 4.98 Å². The second-order valence-electron chi connectivity index (χ2n) is 5.87. The largest absolute Gasteiger partial charge is 0.339 e. The fourth-order valence-electron chi connectivity index (χ4n) is 2.81. The van der Waals surface area contributed by atoms with E-state index in [0.29, 0.717) is 24.8 Å². The van der Waals surface area contributed by atoms with Crippen LogP contribution in [0.15, 0.2) is 33.7 Å². The van der Waals surface area contributed by atoms with Crippen molar-refractivity contribution >= 4 is 23.4 Å². The Balaban J connectivity index is 1.51. The van der Waals surface area contributed by atoms with E-state index >= 15 is 0 Å². The van der Waals surface area contributed by atoms with Crippen molar-refractivity contribution in [1.29, 1.82) is 0 Å². The van der Waals surface area contributed by atoms with Crippen molar-refractivity contribution < 1.29 is 9.32 Å². The van der Waals surface area contributed by atoms with Crippen LogP contribution >= 0.6 is 11.8 Å². The fourth-order valence-corrected chi connectivity index (χ4v) is 3.21. The summed E-state index contributed by atoms with van der Waals surface area (Å²) in [5.41, 5.74) is 0.937. The Morgan fingerprint density at radius 2 is 2.00 bits per heavy atom. The van der Waals surface area contributed by atoms with Crippen LogP contribution in [0.3, 0.4) is 0 Å². The van der Waals surface area contributed by atoms with Crippen LogP contribution in [0.4, 0.5) is 5.69 Å². The van der Waals surface area contributed by atoms with Crippen molar-refractivity contribution in [3.05, 3.63) is 36.0 Å². The van der Waals surface area contributed by atoms with Gasteiger partial charge in [0.2, 0.25) is 11.8 Å². The second-order valence-corrected chi connectivity index (χ2v) is 6.75. The maximum Gasteiger partial charge on any atom is 0.232 e. The summed E-state index contributed by atoms with van der Waals surface area (Å²) in [6, 6.07) is 8.07. The number of thioether (sulfide) groups is 1. The first-order chi connectivity index (χ1) is 10.7. The number of carbonyl (C=O) groups excluding carboxylic acids is 1. The monoisotopic (exact) mass is 315 g/mol. The third-order valence-electron chi connectivity index (χ3n) is 4.26. The lowest BCUT2D eigenvalue weighted by Gasteiger charge is -2.16. The molecule has 0 radical (unpaired) electrons. The van der Waals surface area contributed by atoms with Gasteiger partial charge >= 0.3 is 0 Å². The Labute approximate surface area is 133 Å². The molecule has 2 fully saturated rings. The average Bonchev–Trinajstić information content (AvgIpc) is 3.15. The van der Waals surface area contributed by atoms with Crippen molar-refractivity contribution in [1.82, 2.24) is 10.1 Å². The predicted molar refractivity (Wildman–Crippen MR) is 84.2 cm³/mol. The summed E-state index contributed by atoms with van der Waals surface area (Å²) in [7, 11) is 0. The van der Waals surface area contributed by atoms with E-state index in [4.69, 9.17) is 4.52 Å². The van der Waals surface area contributed by atoms with Gasteiger partial charge in [0.15, 0.2) is 5.82 Å². The Morgan fingerprint density at radius 3 is 2.68 bits per heavy atom. The Hall–Kier alpha value is -1.82. The minimum atomic E-state index is 0.00715. The number of nitrogens with zero attached hydrogens (tertiary/aromatic N) is 3. The molecule has 1 aliphatic carbocycles. The molecule has 0 spiro atoms. The van der Waals surface area contributed by atoms with Crippen LogP contribution in [0, 0.1) is 0 Å². The van der Waals surface area contributed by atoms with Gasteiger partial charge in [-0.15, -0.1) is 11.8 Å². The number of amides is 1.